The van der Waals surface area contributed by atoms with E-state index in [4.69, 9.17) is 9.47 Å². The summed E-state index contributed by atoms with van der Waals surface area (Å²) in [6, 6.07) is 14.5. The number of hydrogen-bond donors (Lipinski definition) is 2. The molecule has 2 heterocycles. The number of fused-ring (bicyclic) bond motifs is 1. The van der Waals surface area contributed by atoms with Crippen LogP contribution in [0.4, 0.5) is 21.6 Å². The van der Waals surface area contributed by atoms with Crippen molar-refractivity contribution >= 4 is 44.6 Å². The summed E-state index contributed by atoms with van der Waals surface area (Å²) in [7, 11) is 1.67. The third-order valence-corrected chi connectivity index (χ3v) is 6.51. The molecule has 7 nitrogen and oxygen atoms in total. The van der Waals surface area contributed by atoms with E-state index in [1.54, 1.807) is 30.6 Å². The average molecular weight is 509 g/mol. The van der Waals surface area contributed by atoms with Crippen LogP contribution in [0.3, 0.4) is 0 Å². The van der Waals surface area contributed by atoms with Crippen LogP contribution >= 0.6 is 11.3 Å². The van der Waals surface area contributed by atoms with E-state index in [-0.39, 0.29) is 18.1 Å². The molecule has 2 N–H and O–H groups in total. The fourth-order valence-electron chi connectivity index (χ4n) is 3.72. The topological polar surface area (TPSA) is 85.4 Å². The molecule has 0 aliphatic heterocycles. The monoisotopic (exact) mass is 508 g/mol. The lowest BCUT2D eigenvalue weighted by Crippen LogP contribution is -2.09. The Labute approximate surface area is 213 Å². The van der Waals surface area contributed by atoms with Crippen LogP contribution in [0.15, 0.2) is 53.9 Å². The molecule has 4 rings (SSSR count). The third-order valence-electron chi connectivity index (χ3n) is 5.59. The zero-order chi connectivity index (χ0) is 25.3. The van der Waals surface area contributed by atoms with Gasteiger partial charge in [0.15, 0.2) is 5.82 Å². The van der Waals surface area contributed by atoms with Gasteiger partial charge in [-0.25, -0.2) is 4.39 Å². The van der Waals surface area contributed by atoms with E-state index in [1.165, 1.54) is 6.07 Å². The van der Waals surface area contributed by atoms with Gasteiger partial charge in [0.2, 0.25) is 0 Å². The predicted octanol–water partition coefficient (Wildman–Crippen LogP) is 6.19. The lowest BCUT2D eigenvalue weighted by molar-refractivity contribution is -0.142. The molecular weight excluding hydrogens is 479 g/mol. The molecule has 0 amide bonds. The fourth-order valence-corrected chi connectivity index (χ4v) is 4.62. The molecule has 2 aromatic carbocycles. The first kappa shape index (κ1) is 25.5. The van der Waals surface area contributed by atoms with Crippen LogP contribution < -0.4 is 10.6 Å². The first-order valence-corrected chi connectivity index (χ1v) is 12.8. The van der Waals surface area contributed by atoms with Crippen LogP contribution in [0.25, 0.3) is 21.3 Å². The molecule has 0 unspecified atom stereocenters. The Morgan fingerprint density at radius 2 is 1.94 bits per heavy atom. The third kappa shape index (κ3) is 6.16. The van der Waals surface area contributed by atoms with Crippen molar-refractivity contribution in [3.63, 3.8) is 0 Å². The number of esters is 1. The number of rotatable bonds is 12. The molecular formula is C27H29FN4O3S. The number of aromatic nitrogens is 2. The van der Waals surface area contributed by atoms with Crippen LogP contribution in [-0.2, 0) is 20.7 Å². The number of thiophene rings is 1. The number of unbranched alkanes of at least 4 members (excludes halogenated alkanes) is 1. The van der Waals surface area contributed by atoms with Gasteiger partial charge in [0.1, 0.15) is 11.5 Å². The molecule has 4 aromatic rings. The van der Waals surface area contributed by atoms with Gasteiger partial charge in [0.25, 0.3) is 0 Å². The summed E-state index contributed by atoms with van der Waals surface area (Å²) in [6.07, 6.45) is 1.79. The van der Waals surface area contributed by atoms with Gasteiger partial charge in [-0.15, -0.1) is 21.5 Å². The Bertz CT molecular complexity index is 1330. The summed E-state index contributed by atoms with van der Waals surface area (Å²) in [5.74, 6) is -0.372. The molecule has 2 aromatic heterocycles. The van der Waals surface area contributed by atoms with Gasteiger partial charge in [-0.2, -0.15) is 0 Å². The van der Waals surface area contributed by atoms with Crippen LogP contribution in [-0.4, -0.2) is 43.0 Å². The first-order valence-electron chi connectivity index (χ1n) is 11.9. The van der Waals surface area contributed by atoms with Crippen LogP contribution in [0, 0.1) is 5.82 Å². The summed E-state index contributed by atoms with van der Waals surface area (Å²) in [5.41, 5.74) is 3.44. The normalized spacial score (nSPS) is 11.0. The van der Waals surface area contributed by atoms with Crippen molar-refractivity contribution in [3.8, 4) is 11.3 Å². The van der Waals surface area contributed by atoms with E-state index in [1.807, 2.05) is 42.6 Å². The van der Waals surface area contributed by atoms with Crippen molar-refractivity contribution in [2.75, 3.05) is 37.5 Å². The van der Waals surface area contributed by atoms with Gasteiger partial charge >= 0.3 is 5.97 Å². The Morgan fingerprint density at radius 1 is 1.08 bits per heavy atom. The van der Waals surface area contributed by atoms with Gasteiger partial charge in [-0.3, -0.25) is 4.79 Å². The lowest BCUT2D eigenvalue weighted by atomic mass is 10.1. The molecule has 0 atom stereocenters. The van der Waals surface area contributed by atoms with Crippen molar-refractivity contribution in [3.05, 3.63) is 65.3 Å². The quantitative estimate of drug-likeness (QED) is 0.174. The fraction of sp³-hybridized carbons (Fsp3) is 0.296. The van der Waals surface area contributed by atoms with E-state index >= 15 is 0 Å². The van der Waals surface area contributed by atoms with Gasteiger partial charge in [-0.1, -0.05) is 37.6 Å². The zero-order valence-corrected chi connectivity index (χ0v) is 21.2. The minimum atomic E-state index is -0.476. The minimum Gasteiger partial charge on any atom is -0.465 e. The van der Waals surface area contributed by atoms with Crippen LogP contribution in [0.5, 0.6) is 0 Å². The van der Waals surface area contributed by atoms with Crippen molar-refractivity contribution in [1.82, 2.24) is 10.2 Å². The average Bonchev–Trinajstić information content (AvgIpc) is 3.37. The van der Waals surface area contributed by atoms with E-state index in [9.17, 15) is 9.18 Å². The number of ether oxygens (including phenoxy) is 2. The Kier molecular flexibility index (Phi) is 8.80. The predicted molar refractivity (Wildman–Crippen MR) is 142 cm³/mol. The number of benzene rings is 2. The summed E-state index contributed by atoms with van der Waals surface area (Å²) in [6.45, 7) is 3.66. The maximum Gasteiger partial charge on any atom is 0.310 e. The molecule has 188 valence electrons. The first-order chi connectivity index (χ1) is 17.6. The molecule has 0 spiro atoms. The van der Waals surface area contributed by atoms with Crippen molar-refractivity contribution < 1.29 is 18.7 Å². The number of hydrogen-bond acceptors (Lipinski definition) is 8. The zero-order valence-electron chi connectivity index (χ0n) is 20.3. The molecule has 9 heteroatoms. The number of methoxy groups -OCH3 is 1. The standard InChI is InChI=1S/C27H29FN4O3S/c1-3-4-13-35-24(33)17-18-9-10-23(21(28)16-18)30-27-20-11-15-36-26(20)25(31-32-27)19-7-5-6-8-22(19)29-12-14-34-2/h5-11,15-16,29H,3-4,12-14,17H2,1-2H3,(H,30,32). The highest BCUT2D eigenvalue weighted by atomic mass is 32.1. The van der Waals surface area contributed by atoms with Crippen LogP contribution in [0.2, 0.25) is 0 Å². The number of nitrogens with zero attached hydrogens (tertiary/aromatic N) is 2. The van der Waals surface area contributed by atoms with Crippen molar-refractivity contribution in [2.45, 2.75) is 26.2 Å². The Balaban J connectivity index is 1.55. The second kappa shape index (κ2) is 12.4. The molecule has 0 aliphatic carbocycles. The summed E-state index contributed by atoms with van der Waals surface area (Å²) < 4.78 is 26.1. The minimum absolute atomic E-state index is 0.0298. The Hall–Kier alpha value is -3.56. The molecule has 0 radical (unpaired) electrons. The smallest absolute Gasteiger partial charge is 0.310 e. The van der Waals surface area contributed by atoms with Crippen LogP contribution in [0.1, 0.15) is 25.3 Å². The van der Waals surface area contributed by atoms with Gasteiger partial charge in [0, 0.05) is 30.3 Å². The molecule has 0 bridgehead atoms. The number of halogens is 1. The highest BCUT2D eigenvalue weighted by Crippen LogP contribution is 2.37. The molecule has 0 saturated carbocycles. The SMILES string of the molecule is CCCCOC(=O)Cc1ccc(Nc2nnc(-c3ccccc3NCCOC)c3sccc23)c(F)c1. The highest BCUT2D eigenvalue weighted by Gasteiger charge is 2.16. The summed E-state index contributed by atoms with van der Waals surface area (Å²) in [4.78, 5) is 11.9. The van der Waals surface area contributed by atoms with E-state index in [0.29, 0.717) is 31.1 Å². The van der Waals surface area contributed by atoms with Crippen molar-refractivity contribution in [1.29, 1.82) is 0 Å². The number of carbonyl (C=O) groups is 1. The van der Waals surface area contributed by atoms with Gasteiger partial charge in [-0.05, 0) is 41.6 Å². The maximum absolute atomic E-state index is 14.9. The molecule has 0 aliphatic rings. The second-order valence-corrected chi connectivity index (χ2v) is 9.13. The maximum atomic E-state index is 14.9. The lowest BCUT2D eigenvalue weighted by Gasteiger charge is -2.13. The van der Waals surface area contributed by atoms with E-state index in [0.717, 1.165) is 39.9 Å². The number of para-hydroxylation sites is 1. The summed E-state index contributed by atoms with van der Waals surface area (Å²) >= 11 is 1.55. The van der Waals surface area contributed by atoms with Crippen molar-refractivity contribution in [2.24, 2.45) is 0 Å². The number of anilines is 3. The van der Waals surface area contributed by atoms with Gasteiger partial charge in [0.05, 0.1) is 30.0 Å². The van der Waals surface area contributed by atoms with Gasteiger partial charge < -0.3 is 20.1 Å². The number of nitrogens with one attached hydrogen (secondary N) is 2. The second-order valence-electron chi connectivity index (χ2n) is 8.22. The Morgan fingerprint density at radius 3 is 2.75 bits per heavy atom. The molecule has 36 heavy (non-hydrogen) atoms. The molecule has 0 fully saturated rings. The molecule has 0 saturated heterocycles. The highest BCUT2D eigenvalue weighted by molar-refractivity contribution is 7.17. The largest absolute Gasteiger partial charge is 0.465 e. The van der Waals surface area contributed by atoms with E-state index < -0.39 is 5.82 Å². The number of carbonyl (C=O) groups excluding carboxylic acids is 1. The van der Waals surface area contributed by atoms with E-state index in [2.05, 4.69) is 20.8 Å². The summed E-state index contributed by atoms with van der Waals surface area (Å²) in [5, 5.41) is 18.2.